The monoisotopic (exact) mass is 227 g/mol. The average Bonchev–Trinajstić information content (AvgIpc) is 2.78. The van der Waals surface area contributed by atoms with Crippen molar-refractivity contribution in [1.82, 2.24) is 4.90 Å². The van der Waals surface area contributed by atoms with Gasteiger partial charge in [0.2, 0.25) is 0 Å². The fourth-order valence-electron chi connectivity index (χ4n) is 3.21. The Labute approximate surface area is 98.8 Å². The van der Waals surface area contributed by atoms with Crippen LogP contribution in [0.2, 0.25) is 0 Å². The van der Waals surface area contributed by atoms with E-state index in [1.54, 1.807) is 0 Å². The SMILES string of the molecule is CCN(C1CCCC1)C(CC)(CC)C(=O)O. The highest BCUT2D eigenvalue weighted by Crippen LogP contribution is 2.33. The van der Waals surface area contributed by atoms with Gasteiger partial charge in [0.25, 0.3) is 0 Å². The number of likely N-dealkylation sites (N-methyl/N-ethyl adjacent to an activating group) is 1. The minimum atomic E-state index is -0.647. The minimum Gasteiger partial charge on any atom is -0.480 e. The topological polar surface area (TPSA) is 40.5 Å². The number of hydrogen-bond donors (Lipinski definition) is 1. The number of carbonyl (C=O) groups is 1. The molecule has 0 aromatic carbocycles. The van der Waals surface area contributed by atoms with Crippen LogP contribution in [0.25, 0.3) is 0 Å². The summed E-state index contributed by atoms with van der Waals surface area (Å²) in [6.07, 6.45) is 6.24. The Morgan fingerprint density at radius 2 is 1.75 bits per heavy atom. The second kappa shape index (κ2) is 5.67. The molecule has 0 aromatic heterocycles. The molecule has 3 heteroatoms. The third-order valence-electron chi connectivity index (χ3n) is 4.22. The molecule has 0 spiro atoms. The van der Waals surface area contributed by atoms with Crippen molar-refractivity contribution in [2.75, 3.05) is 6.54 Å². The van der Waals surface area contributed by atoms with Gasteiger partial charge in [0.05, 0.1) is 0 Å². The first-order chi connectivity index (χ1) is 7.62. The fourth-order valence-corrected chi connectivity index (χ4v) is 3.21. The Bertz CT molecular complexity index is 230. The van der Waals surface area contributed by atoms with E-state index in [1.165, 1.54) is 25.7 Å². The van der Waals surface area contributed by atoms with Crippen molar-refractivity contribution in [3.05, 3.63) is 0 Å². The van der Waals surface area contributed by atoms with Gasteiger partial charge in [-0.15, -0.1) is 0 Å². The summed E-state index contributed by atoms with van der Waals surface area (Å²) in [6, 6.07) is 0.487. The number of hydrogen-bond acceptors (Lipinski definition) is 2. The maximum atomic E-state index is 11.6. The van der Waals surface area contributed by atoms with E-state index >= 15 is 0 Å². The molecule has 0 aromatic rings. The van der Waals surface area contributed by atoms with Crippen LogP contribution in [-0.4, -0.2) is 34.1 Å². The van der Waals surface area contributed by atoms with Crippen LogP contribution in [0.15, 0.2) is 0 Å². The molecule has 0 atom stereocenters. The Kier molecular flexibility index (Phi) is 4.78. The summed E-state index contributed by atoms with van der Waals surface area (Å²) in [5.74, 6) is -0.647. The van der Waals surface area contributed by atoms with Crippen LogP contribution in [-0.2, 0) is 4.79 Å². The molecule has 1 fully saturated rings. The molecule has 1 aliphatic rings. The van der Waals surface area contributed by atoms with Crippen molar-refractivity contribution in [1.29, 1.82) is 0 Å². The molecule has 1 rings (SSSR count). The lowest BCUT2D eigenvalue weighted by Gasteiger charge is -2.42. The van der Waals surface area contributed by atoms with Crippen LogP contribution < -0.4 is 0 Å². The predicted molar refractivity (Wildman–Crippen MR) is 65.6 cm³/mol. The van der Waals surface area contributed by atoms with Gasteiger partial charge in [0.1, 0.15) is 5.54 Å². The van der Waals surface area contributed by atoms with Crippen LogP contribution in [0.5, 0.6) is 0 Å². The zero-order valence-corrected chi connectivity index (χ0v) is 10.8. The van der Waals surface area contributed by atoms with E-state index in [-0.39, 0.29) is 0 Å². The summed E-state index contributed by atoms with van der Waals surface area (Å²) >= 11 is 0. The van der Waals surface area contributed by atoms with E-state index in [0.29, 0.717) is 18.9 Å². The van der Waals surface area contributed by atoms with Gasteiger partial charge in [-0.1, -0.05) is 33.6 Å². The van der Waals surface area contributed by atoms with Gasteiger partial charge in [-0.05, 0) is 32.2 Å². The lowest BCUT2D eigenvalue weighted by Crippen LogP contribution is -2.57. The molecule has 1 aliphatic carbocycles. The van der Waals surface area contributed by atoms with Gasteiger partial charge in [-0.3, -0.25) is 9.69 Å². The Morgan fingerprint density at radius 3 is 2.06 bits per heavy atom. The summed E-state index contributed by atoms with van der Waals surface area (Å²) in [5, 5.41) is 9.54. The molecule has 0 aliphatic heterocycles. The number of rotatable bonds is 6. The first-order valence-corrected chi connectivity index (χ1v) is 6.62. The molecule has 0 saturated heterocycles. The van der Waals surface area contributed by atoms with Crippen LogP contribution in [0.4, 0.5) is 0 Å². The first kappa shape index (κ1) is 13.5. The van der Waals surface area contributed by atoms with Crippen LogP contribution in [0.3, 0.4) is 0 Å². The van der Waals surface area contributed by atoms with Crippen LogP contribution in [0, 0.1) is 0 Å². The van der Waals surface area contributed by atoms with E-state index < -0.39 is 11.5 Å². The third-order valence-corrected chi connectivity index (χ3v) is 4.22. The Morgan fingerprint density at radius 1 is 1.25 bits per heavy atom. The normalized spacial score (nSPS) is 18.2. The van der Waals surface area contributed by atoms with E-state index in [4.69, 9.17) is 0 Å². The van der Waals surface area contributed by atoms with Crippen molar-refractivity contribution >= 4 is 5.97 Å². The summed E-state index contributed by atoms with van der Waals surface area (Å²) in [6.45, 7) is 6.92. The molecular formula is C13H25NO2. The highest BCUT2D eigenvalue weighted by molar-refractivity contribution is 5.78. The van der Waals surface area contributed by atoms with Crippen molar-refractivity contribution in [2.24, 2.45) is 0 Å². The molecule has 3 nitrogen and oxygen atoms in total. The number of carboxylic acids is 1. The second-order valence-corrected chi connectivity index (χ2v) is 4.77. The van der Waals surface area contributed by atoms with Gasteiger partial charge < -0.3 is 5.11 Å². The first-order valence-electron chi connectivity index (χ1n) is 6.62. The lowest BCUT2D eigenvalue weighted by molar-refractivity contribution is -0.154. The van der Waals surface area contributed by atoms with Gasteiger partial charge in [-0.25, -0.2) is 0 Å². The molecule has 1 saturated carbocycles. The van der Waals surface area contributed by atoms with Crippen molar-refractivity contribution in [3.8, 4) is 0 Å². The predicted octanol–water partition coefficient (Wildman–Crippen LogP) is 2.89. The zero-order valence-electron chi connectivity index (χ0n) is 10.8. The number of nitrogens with zero attached hydrogens (tertiary/aromatic N) is 1. The maximum Gasteiger partial charge on any atom is 0.324 e. The summed E-state index contributed by atoms with van der Waals surface area (Å²) in [7, 11) is 0. The summed E-state index contributed by atoms with van der Waals surface area (Å²) in [4.78, 5) is 13.8. The lowest BCUT2D eigenvalue weighted by atomic mass is 9.88. The van der Waals surface area contributed by atoms with Crippen LogP contribution in [0.1, 0.15) is 59.3 Å². The Balaban J connectivity index is 2.92. The highest BCUT2D eigenvalue weighted by Gasteiger charge is 2.43. The zero-order chi connectivity index (χ0) is 12.2. The molecule has 94 valence electrons. The van der Waals surface area contributed by atoms with Gasteiger partial charge in [-0.2, -0.15) is 0 Å². The summed E-state index contributed by atoms with van der Waals surface area (Å²) in [5.41, 5.74) is -0.635. The minimum absolute atomic E-state index is 0.487. The maximum absolute atomic E-state index is 11.6. The quantitative estimate of drug-likeness (QED) is 0.758. The summed E-state index contributed by atoms with van der Waals surface area (Å²) < 4.78 is 0. The van der Waals surface area contributed by atoms with Crippen molar-refractivity contribution in [3.63, 3.8) is 0 Å². The molecule has 0 heterocycles. The van der Waals surface area contributed by atoms with E-state index in [2.05, 4.69) is 11.8 Å². The smallest absolute Gasteiger partial charge is 0.324 e. The number of aliphatic carboxylic acids is 1. The van der Waals surface area contributed by atoms with Gasteiger partial charge >= 0.3 is 5.97 Å². The largest absolute Gasteiger partial charge is 0.480 e. The molecular weight excluding hydrogens is 202 g/mol. The Hall–Kier alpha value is -0.570. The van der Waals surface area contributed by atoms with Crippen molar-refractivity contribution in [2.45, 2.75) is 70.9 Å². The molecule has 0 radical (unpaired) electrons. The van der Waals surface area contributed by atoms with Crippen LogP contribution >= 0.6 is 0 Å². The number of carboxylic acid groups (broad SMARTS) is 1. The fraction of sp³-hybridized carbons (Fsp3) is 0.923. The molecule has 16 heavy (non-hydrogen) atoms. The second-order valence-electron chi connectivity index (χ2n) is 4.77. The highest BCUT2D eigenvalue weighted by atomic mass is 16.4. The van der Waals surface area contributed by atoms with Crippen molar-refractivity contribution < 1.29 is 9.90 Å². The van der Waals surface area contributed by atoms with E-state index in [1.807, 2.05) is 13.8 Å². The average molecular weight is 227 g/mol. The van der Waals surface area contributed by atoms with E-state index in [9.17, 15) is 9.90 Å². The van der Waals surface area contributed by atoms with Gasteiger partial charge in [0.15, 0.2) is 0 Å². The molecule has 0 bridgehead atoms. The molecule has 1 N–H and O–H groups in total. The van der Waals surface area contributed by atoms with E-state index in [0.717, 1.165) is 6.54 Å². The third kappa shape index (κ3) is 2.24. The molecule has 0 unspecified atom stereocenters. The van der Waals surface area contributed by atoms with Gasteiger partial charge in [0, 0.05) is 6.04 Å². The standard InChI is InChI=1S/C13H25NO2/c1-4-13(5-2,12(15)16)14(6-3)11-9-7-8-10-11/h11H,4-10H2,1-3H3,(H,15,16). The molecule has 0 amide bonds.